The van der Waals surface area contributed by atoms with Crippen LogP contribution in [0.3, 0.4) is 0 Å². The molecule has 0 bridgehead atoms. The van der Waals surface area contributed by atoms with Gasteiger partial charge in [0.25, 0.3) is 0 Å². The molecule has 1 rings (SSSR count). The Balaban J connectivity index is -0.000000220. The summed E-state index contributed by atoms with van der Waals surface area (Å²) in [6.45, 7) is 0. The molecule has 0 aliphatic heterocycles. The molecule has 1 aliphatic carbocycles. The molecule has 0 aromatic rings. The molecule has 29 heavy (non-hydrogen) atoms. The molecule has 0 spiro atoms. The third-order valence-electron chi connectivity index (χ3n) is 2.66. The molecule has 0 aromatic carbocycles. The third kappa shape index (κ3) is 20.9. The summed E-state index contributed by atoms with van der Waals surface area (Å²) < 4.78 is 43.2. The summed E-state index contributed by atoms with van der Waals surface area (Å²) in [6.07, 6.45) is -12.4. The van der Waals surface area contributed by atoms with Crippen LogP contribution < -0.4 is 207 Å². The van der Waals surface area contributed by atoms with Crippen molar-refractivity contribution >= 4 is 23.5 Å². The van der Waals surface area contributed by atoms with Crippen LogP contribution in [0.2, 0.25) is 0 Å². The molecule has 0 saturated heterocycles. The predicted molar refractivity (Wildman–Crippen MR) is 54.1 cm³/mol. The topological polar surface area (TPSA) is 258 Å². The van der Waals surface area contributed by atoms with Crippen LogP contribution in [0.4, 0.5) is 0 Å². The summed E-state index contributed by atoms with van der Waals surface area (Å²) >= 11 is 0. The number of hydrogen-bond acceptors (Lipinski definition) is 14. The molecular formula is C6H9Na6O14P3. The van der Waals surface area contributed by atoms with Crippen LogP contribution in [0.5, 0.6) is 0 Å². The second kappa shape index (κ2) is 20.2. The Labute approximate surface area is 298 Å². The first-order chi connectivity index (χ1) is 10.1. The molecule has 0 aromatic heterocycles. The standard InChI is InChI=1S/C6H15O14P3.6Na/c7-2-1-3(18-21(9,10)11)6(20-23(15,16)17)4(8)5(2)19-22(12,13)14;;;;;;/h2-8H,1H2,(H2,9,10,11)(H2,12,13,14)(H2,15,16,17);;;;;;/q;6*+1/p-6/t2-,3-,4+,5-,6+;;;;;;/m1....../s1. The van der Waals surface area contributed by atoms with Gasteiger partial charge < -0.3 is 66.8 Å². The van der Waals surface area contributed by atoms with E-state index in [2.05, 4.69) is 13.6 Å². The number of aliphatic hydroxyl groups excluding tert-OH is 2. The Bertz CT molecular complexity index is 566. The van der Waals surface area contributed by atoms with Crippen molar-refractivity contribution in [1.82, 2.24) is 0 Å². The Morgan fingerprint density at radius 3 is 1.24 bits per heavy atom. The fourth-order valence-corrected chi connectivity index (χ4v) is 3.63. The number of hydrogen-bond donors (Lipinski definition) is 2. The second-order valence-electron chi connectivity index (χ2n) is 4.42. The van der Waals surface area contributed by atoms with Crippen LogP contribution >= 0.6 is 23.5 Å². The van der Waals surface area contributed by atoms with E-state index >= 15 is 0 Å². The zero-order valence-corrected chi connectivity index (χ0v) is 31.4. The molecular weight excluding hydrogens is 527 g/mol. The number of rotatable bonds is 6. The summed E-state index contributed by atoms with van der Waals surface area (Å²) in [5.41, 5.74) is 0. The normalized spacial score (nSPS) is 26.7. The van der Waals surface area contributed by atoms with E-state index in [9.17, 15) is 53.3 Å². The Morgan fingerprint density at radius 1 is 0.621 bits per heavy atom. The maximum Gasteiger partial charge on any atom is 1.00 e. The van der Waals surface area contributed by atoms with Gasteiger partial charge in [0.1, 0.15) is 18.3 Å². The Morgan fingerprint density at radius 2 is 0.931 bits per heavy atom. The first kappa shape index (κ1) is 48.3. The first-order valence-electron chi connectivity index (χ1n) is 5.56. The van der Waals surface area contributed by atoms with Gasteiger partial charge in [0.15, 0.2) is 0 Å². The third-order valence-corrected chi connectivity index (χ3v) is 4.19. The van der Waals surface area contributed by atoms with Crippen LogP contribution in [-0.4, -0.2) is 40.7 Å². The van der Waals surface area contributed by atoms with Crippen LogP contribution in [0.15, 0.2) is 0 Å². The molecule has 0 heterocycles. The quantitative estimate of drug-likeness (QED) is 0.236. The van der Waals surface area contributed by atoms with E-state index in [4.69, 9.17) is 0 Å². The molecule has 5 atom stereocenters. The zero-order valence-electron chi connectivity index (χ0n) is 16.7. The van der Waals surface area contributed by atoms with E-state index in [-0.39, 0.29) is 177 Å². The van der Waals surface area contributed by atoms with E-state index in [1.807, 2.05) is 0 Å². The Kier molecular flexibility index (Phi) is 33.7. The maximum atomic E-state index is 10.6. The number of phosphoric acid groups is 3. The first-order valence-corrected chi connectivity index (χ1v) is 9.95. The van der Waals surface area contributed by atoms with Gasteiger partial charge in [-0.05, 0) is 0 Å². The van der Waals surface area contributed by atoms with Gasteiger partial charge in [0.05, 0.1) is 35.7 Å². The van der Waals surface area contributed by atoms with Crippen molar-refractivity contribution < 1.29 is 244 Å². The SMILES string of the molecule is O=P([O-])([O-])O[C@@H]1[C@@H](O)[C@H](OP(=O)([O-])[O-])[C@H](O)C[C@H]1OP(=O)([O-])[O-].[Na+].[Na+].[Na+].[Na+].[Na+].[Na+]. The van der Waals surface area contributed by atoms with E-state index in [1.165, 1.54) is 0 Å². The minimum Gasteiger partial charge on any atom is -0.790 e. The zero-order chi connectivity index (χ0) is 18.2. The maximum absolute atomic E-state index is 10.6. The summed E-state index contributed by atoms with van der Waals surface area (Å²) in [5, 5.41) is 19.3. The van der Waals surface area contributed by atoms with E-state index < -0.39 is 60.4 Å². The molecule has 2 N–H and O–H groups in total. The Hall–Kier alpha value is 6.25. The summed E-state index contributed by atoms with van der Waals surface area (Å²) in [7, 11) is -17.4. The van der Waals surface area contributed by atoms with Gasteiger partial charge in [-0.1, -0.05) is 0 Å². The van der Waals surface area contributed by atoms with Crippen LogP contribution in [-0.2, 0) is 27.3 Å². The fourth-order valence-electron chi connectivity index (χ4n) is 1.97. The van der Waals surface area contributed by atoms with Gasteiger partial charge in [-0.15, -0.1) is 0 Å². The van der Waals surface area contributed by atoms with Crippen LogP contribution in [0.1, 0.15) is 6.42 Å². The van der Waals surface area contributed by atoms with Gasteiger partial charge in [-0.25, -0.2) is 0 Å². The summed E-state index contributed by atoms with van der Waals surface area (Å²) in [6, 6.07) is 0. The fraction of sp³-hybridized carbons (Fsp3) is 1.00. The second-order valence-corrected chi connectivity index (χ2v) is 7.73. The van der Waals surface area contributed by atoms with Crippen molar-refractivity contribution in [1.29, 1.82) is 0 Å². The molecule has 23 heteroatoms. The molecule has 1 fully saturated rings. The predicted octanol–water partition coefficient (Wildman–Crippen LogP) is -24.2. The largest absolute Gasteiger partial charge is 1.00 e. The van der Waals surface area contributed by atoms with Crippen LogP contribution in [0, 0.1) is 0 Å². The van der Waals surface area contributed by atoms with Crippen molar-refractivity contribution in [2.24, 2.45) is 0 Å². The summed E-state index contributed by atoms with van der Waals surface area (Å²) in [5.74, 6) is 0. The smallest absolute Gasteiger partial charge is 0.790 e. The molecule has 14 nitrogen and oxygen atoms in total. The van der Waals surface area contributed by atoms with Crippen LogP contribution in [0.25, 0.3) is 0 Å². The van der Waals surface area contributed by atoms with Gasteiger partial charge in [0, 0.05) is 6.42 Å². The average Bonchev–Trinajstić information content (AvgIpc) is 2.25. The van der Waals surface area contributed by atoms with Crippen molar-refractivity contribution in [2.75, 3.05) is 0 Å². The van der Waals surface area contributed by atoms with E-state index in [0.29, 0.717) is 0 Å². The van der Waals surface area contributed by atoms with Gasteiger partial charge >= 0.3 is 177 Å². The minimum absolute atomic E-state index is 0. The number of phosphoric ester groups is 3. The number of aliphatic hydroxyl groups is 2. The summed E-state index contributed by atoms with van der Waals surface area (Å²) in [4.78, 5) is 63.4. The minimum atomic E-state index is -5.87. The van der Waals surface area contributed by atoms with Crippen molar-refractivity contribution in [3.05, 3.63) is 0 Å². The van der Waals surface area contributed by atoms with Gasteiger partial charge in [0.2, 0.25) is 0 Å². The monoisotopic (exact) mass is 536 g/mol. The van der Waals surface area contributed by atoms with Gasteiger partial charge in [-0.2, -0.15) is 0 Å². The average molecular weight is 536 g/mol. The van der Waals surface area contributed by atoms with Crippen molar-refractivity contribution in [3.63, 3.8) is 0 Å². The molecule has 1 aliphatic rings. The molecule has 0 amide bonds. The van der Waals surface area contributed by atoms with Gasteiger partial charge in [-0.3, -0.25) is 0 Å². The molecule has 1 saturated carbocycles. The van der Waals surface area contributed by atoms with E-state index in [1.54, 1.807) is 0 Å². The molecule has 0 unspecified atom stereocenters. The van der Waals surface area contributed by atoms with Crippen molar-refractivity contribution in [2.45, 2.75) is 36.9 Å². The van der Waals surface area contributed by atoms with Crippen molar-refractivity contribution in [3.8, 4) is 0 Å². The molecule has 138 valence electrons. The molecule has 0 radical (unpaired) electrons. The van der Waals surface area contributed by atoms with E-state index in [0.717, 1.165) is 0 Å².